The molecule has 1 rings (SSSR count). The van der Waals surface area contributed by atoms with Gasteiger partial charge in [0.15, 0.2) is 0 Å². The summed E-state index contributed by atoms with van der Waals surface area (Å²) in [5, 5.41) is 3.52. The highest BCUT2D eigenvalue weighted by Crippen LogP contribution is 2.10. The Bertz CT molecular complexity index is 170. The minimum atomic E-state index is 0.693. The molecule has 0 amide bonds. The largest absolute Gasteiger partial charge is 0.310 e. The van der Waals surface area contributed by atoms with Crippen molar-refractivity contribution in [3.63, 3.8) is 0 Å². The molecule has 0 heterocycles. The van der Waals surface area contributed by atoms with Crippen molar-refractivity contribution in [1.29, 1.82) is 0 Å². The van der Waals surface area contributed by atoms with Gasteiger partial charge in [-0.3, -0.25) is 0 Å². The molecule has 0 radical (unpaired) electrons. The second-order valence-electron chi connectivity index (χ2n) is 3.47. The van der Waals surface area contributed by atoms with Gasteiger partial charge in [0.1, 0.15) is 0 Å². The fourth-order valence-corrected chi connectivity index (χ4v) is 1.39. The van der Waals surface area contributed by atoms with E-state index in [4.69, 9.17) is 0 Å². The molecule has 1 heteroatoms. The molecule has 12 heavy (non-hydrogen) atoms. The van der Waals surface area contributed by atoms with Gasteiger partial charge in [0.25, 0.3) is 0 Å². The molecule has 0 aliphatic heterocycles. The third-order valence-electron chi connectivity index (χ3n) is 2.41. The summed E-state index contributed by atoms with van der Waals surface area (Å²) in [6.45, 7) is 7.13. The quantitative estimate of drug-likeness (QED) is 0.631. The first-order chi connectivity index (χ1) is 5.83. The third-order valence-corrected chi connectivity index (χ3v) is 2.41. The van der Waals surface area contributed by atoms with Gasteiger partial charge in [-0.05, 0) is 25.7 Å². The molecule has 1 N–H and O–H groups in total. The lowest BCUT2D eigenvalue weighted by molar-refractivity contribution is 0.492. The SMILES string of the molecule is C=C(CC)CNC1CC=CCC1. The molecule has 1 aliphatic rings. The van der Waals surface area contributed by atoms with Crippen LogP contribution < -0.4 is 5.32 Å². The average Bonchev–Trinajstić information content (AvgIpc) is 2.16. The molecule has 0 saturated carbocycles. The lowest BCUT2D eigenvalue weighted by Gasteiger charge is -2.19. The Morgan fingerprint density at radius 1 is 1.58 bits per heavy atom. The summed E-state index contributed by atoms with van der Waals surface area (Å²) in [4.78, 5) is 0. The molecule has 1 aliphatic carbocycles. The summed E-state index contributed by atoms with van der Waals surface area (Å²) in [7, 11) is 0. The molecular formula is C11H19N. The monoisotopic (exact) mass is 165 g/mol. The smallest absolute Gasteiger partial charge is 0.0164 e. The Labute approximate surface area is 75.6 Å². The van der Waals surface area contributed by atoms with Crippen molar-refractivity contribution in [3.8, 4) is 0 Å². The average molecular weight is 165 g/mol. The second-order valence-corrected chi connectivity index (χ2v) is 3.47. The number of hydrogen-bond donors (Lipinski definition) is 1. The maximum absolute atomic E-state index is 3.98. The van der Waals surface area contributed by atoms with E-state index in [1.54, 1.807) is 0 Å². The molecule has 68 valence electrons. The van der Waals surface area contributed by atoms with Gasteiger partial charge in [-0.1, -0.05) is 31.2 Å². The lowest BCUT2D eigenvalue weighted by Crippen LogP contribution is -2.31. The number of rotatable bonds is 4. The van der Waals surface area contributed by atoms with Crippen molar-refractivity contribution < 1.29 is 0 Å². The van der Waals surface area contributed by atoms with Gasteiger partial charge in [-0.15, -0.1) is 0 Å². The van der Waals surface area contributed by atoms with Crippen LogP contribution in [-0.2, 0) is 0 Å². The summed E-state index contributed by atoms with van der Waals surface area (Å²) in [5.41, 5.74) is 1.31. The van der Waals surface area contributed by atoms with Gasteiger partial charge in [0.05, 0.1) is 0 Å². The van der Waals surface area contributed by atoms with E-state index in [1.807, 2.05) is 0 Å². The Kier molecular flexibility index (Phi) is 4.09. The van der Waals surface area contributed by atoms with Crippen LogP contribution in [0, 0.1) is 0 Å². The van der Waals surface area contributed by atoms with Crippen molar-refractivity contribution in [1.82, 2.24) is 5.32 Å². The van der Waals surface area contributed by atoms with E-state index < -0.39 is 0 Å². The first-order valence-electron chi connectivity index (χ1n) is 4.88. The molecule has 0 aromatic carbocycles. The van der Waals surface area contributed by atoms with Crippen LogP contribution in [0.1, 0.15) is 32.6 Å². The summed E-state index contributed by atoms with van der Waals surface area (Å²) >= 11 is 0. The van der Waals surface area contributed by atoms with Crippen molar-refractivity contribution in [3.05, 3.63) is 24.3 Å². The molecule has 1 nitrogen and oxygen atoms in total. The van der Waals surface area contributed by atoms with E-state index in [1.165, 1.54) is 24.8 Å². The predicted octanol–water partition coefficient (Wildman–Crippen LogP) is 2.65. The molecule has 0 spiro atoms. The molecule has 0 aromatic heterocycles. The lowest BCUT2D eigenvalue weighted by atomic mass is 10.0. The molecule has 0 saturated heterocycles. The molecular weight excluding hydrogens is 146 g/mol. The zero-order valence-corrected chi connectivity index (χ0v) is 7.97. The molecule has 1 unspecified atom stereocenters. The standard InChI is InChI=1S/C11H19N/c1-3-10(2)9-12-11-7-5-4-6-8-11/h4-5,11-12H,2-3,6-9H2,1H3. The zero-order valence-electron chi connectivity index (χ0n) is 7.97. The van der Waals surface area contributed by atoms with E-state index in [0.717, 1.165) is 13.0 Å². The van der Waals surface area contributed by atoms with Crippen LogP contribution in [0.5, 0.6) is 0 Å². The van der Waals surface area contributed by atoms with Crippen LogP contribution in [0.4, 0.5) is 0 Å². The predicted molar refractivity (Wildman–Crippen MR) is 54.2 cm³/mol. The van der Waals surface area contributed by atoms with E-state index >= 15 is 0 Å². The van der Waals surface area contributed by atoms with E-state index in [9.17, 15) is 0 Å². The van der Waals surface area contributed by atoms with E-state index in [2.05, 4.69) is 31.0 Å². The van der Waals surface area contributed by atoms with Crippen LogP contribution in [0.25, 0.3) is 0 Å². The van der Waals surface area contributed by atoms with Crippen molar-refractivity contribution >= 4 is 0 Å². The first-order valence-corrected chi connectivity index (χ1v) is 4.88. The summed E-state index contributed by atoms with van der Waals surface area (Å²) in [5.74, 6) is 0. The van der Waals surface area contributed by atoms with Crippen LogP contribution >= 0.6 is 0 Å². The van der Waals surface area contributed by atoms with Crippen LogP contribution in [0.2, 0.25) is 0 Å². The normalized spacial score (nSPS) is 22.6. The zero-order chi connectivity index (χ0) is 8.81. The van der Waals surface area contributed by atoms with Gasteiger partial charge in [-0.2, -0.15) is 0 Å². The minimum absolute atomic E-state index is 0.693. The highest BCUT2D eigenvalue weighted by Gasteiger charge is 2.07. The Hall–Kier alpha value is -0.560. The van der Waals surface area contributed by atoms with Crippen molar-refractivity contribution in [2.75, 3.05) is 6.54 Å². The maximum Gasteiger partial charge on any atom is 0.0164 e. The van der Waals surface area contributed by atoms with Crippen LogP contribution in [0.3, 0.4) is 0 Å². The van der Waals surface area contributed by atoms with Crippen molar-refractivity contribution in [2.45, 2.75) is 38.6 Å². The highest BCUT2D eigenvalue weighted by molar-refractivity contribution is 4.98. The Balaban J connectivity index is 2.14. The topological polar surface area (TPSA) is 12.0 Å². The minimum Gasteiger partial charge on any atom is -0.310 e. The van der Waals surface area contributed by atoms with E-state index in [-0.39, 0.29) is 0 Å². The van der Waals surface area contributed by atoms with Gasteiger partial charge >= 0.3 is 0 Å². The first kappa shape index (κ1) is 9.53. The Morgan fingerprint density at radius 2 is 2.42 bits per heavy atom. The molecule has 0 bridgehead atoms. The van der Waals surface area contributed by atoms with Crippen molar-refractivity contribution in [2.24, 2.45) is 0 Å². The van der Waals surface area contributed by atoms with Gasteiger partial charge < -0.3 is 5.32 Å². The molecule has 0 fully saturated rings. The van der Waals surface area contributed by atoms with Gasteiger partial charge in [-0.25, -0.2) is 0 Å². The maximum atomic E-state index is 3.98. The van der Waals surface area contributed by atoms with E-state index in [0.29, 0.717) is 6.04 Å². The highest BCUT2D eigenvalue weighted by atomic mass is 14.9. The third kappa shape index (κ3) is 3.22. The molecule has 1 atom stereocenters. The second kappa shape index (κ2) is 5.15. The van der Waals surface area contributed by atoms with Gasteiger partial charge in [0.2, 0.25) is 0 Å². The number of allylic oxidation sites excluding steroid dienone is 1. The number of hydrogen-bond acceptors (Lipinski definition) is 1. The number of nitrogens with one attached hydrogen (secondary N) is 1. The summed E-state index contributed by atoms with van der Waals surface area (Å²) in [6.07, 6.45) is 9.35. The fraction of sp³-hybridized carbons (Fsp3) is 0.636. The van der Waals surface area contributed by atoms with Crippen LogP contribution in [-0.4, -0.2) is 12.6 Å². The summed E-state index contributed by atoms with van der Waals surface area (Å²) < 4.78 is 0. The fourth-order valence-electron chi connectivity index (χ4n) is 1.39. The Morgan fingerprint density at radius 3 is 3.00 bits per heavy atom. The summed E-state index contributed by atoms with van der Waals surface area (Å²) in [6, 6.07) is 0.693. The molecule has 0 aromatic rings. The van der Waals surface area contributed by atoms with Gasteiger partial charge in [0, 0.05) is 12.6 Å². The van der Waals surface area contributed by atoms with Crippen LogP contribution in [0.15, 0.2) is 24.3 Å².